The van der Waals surface area contributed by atoms with Gasteiger partial charge in [0, 0.05) is 51.7 Å². The van der Waals surface area contributed by atoms with Crippen LogP contribution < -0.4 is 0 Å². The molecule has 0 bridgehead atoms. The van der Waals surface area contributed by atoms with Crippen molar-refractivity contribution in [2.75, 3.05) is 26.8 Å². The summed E-state index contributed by atoms with van der Waals surface area (Å²) in [6, 6.07) is 18.5. The number of nitrogens with zero attached hydrogens (tertiary/aromatic N) is 3. The first-order valence-corrected chi connectivity index (χ1v) is 13.1. The van der Waals surface area contributed by atoms with Gasteiger partial charge in [-0.25, -0.2) is 0 Å². The smallest absolute Gasteiger partial charge is 0.385 e. The second-order valence-electron chi connectivity index (χ2n) is 9.47. The number of alkyl halides is 3. The van der Waals surface area contributed by atoms with Crippen LogP contribution in [0.2, 0.25) is 0 Å². The summed E-state index contributed by atoms with van der Waals surface area (Å²) >= 11 is 0. The van der Waals surface area contributed by atoms with Crippen LogP contribution in [0.25, 0.3) is 0 Å². The number of hydrogen-bond acceptors (Lipinski definition) is 3. The first kappa shape index (κ1) is 30.0. The van der Waals surface area contributed by atoms with E-state index in [1.807, 2.05) is 54.0 Å². The number of rotatable bonds is 14. The number of amides is 2. The summed E-state index contributed by atoms with van der Waals surface area (Å²) in [6.45, 7) is 3.59. The number of halogens is 3. The molecule has 0 fully saturated rings. The van der Waals surface area contributed by atoms with Gasteiger partial charge < -0.3 is 19.1 Å². The quantitative estimate of drug-likeness (QED) is 0.243. The highest BCUT2D eigenvalue weighted by atomic mass is 19.4. The van der Waals surface area contributed by atoms with Crippen molar-refractivity contribution < 1.29 is 27.5 Å². The van der Waals surface area contributed by atoms with E-state index in [2.05, 4.69) is 0 Å². The molecule has 0 aliphatic carbocycles. The van der Waals surface area contributed by atoms with Gasteiger partial charge in [-0.3, -0.25) is 9.59 Å². The minimum absolute atomic E-state index is 0.0605. The molecule has 210 valence electrons. The molecule has 9 heteroatoms. The monoisotopic (exact) mass is 543 g/mol. The summed E-state index contributed by atoms with van der Waals surface area (Å²) in [6.07, 6.45) is -0.985. The van der Waals surface area contributed by atoms with Gasteiger partial charge >= 0.3 is 6.18 Å². The maximum atomic E-state index is 13.6. The van der Waals surface area contributed by atoms with Crippen molar-refractivity contribution in [2.24, 2.45) is 0 Å². The summed E-state index contributed by atoms with van der Waals surface area (Å²) < 4.78 is 46.6. The Morgan fingerprint density at radius 1 is 0.897 bits per heavy atom. The molecule has 2 aromatic carbocycles. The van der Waals surface area contributed by atoms with Crippen LogP contribution in [0, 0.1) is 0 Å². The van der Waals surface area contributed by atoms with Crippen molar-refractivity contribution in [2.45, 2.75) is 52.0 Å². The van der Waals surface area contributed by atoms with E-state index in [0.717, 1.165) is 23.4 Å². The molecule has 3 rings (SSSR count). The van der Waals surface area contributed by atoms with Crippen LogP contribution in [-0.2, 0) is 40.1 Å². The minimum atomic E-state index is -4.42. The van der Waals surface area contributed by atoms with Gasteiger partial charge in [0.05, 0.1) is 12.1 Å². The van der Waals surface area contributed by atoms with E-state index in [1.54, 1.807) is 29.2 Å². The van der Waals surface area contributed by atoms with Gasteiger partial charge in [0.1, 0.15) is 6.54 Å². The van der Waals surface area contributed by atoms with Crippen LogP contribution in [-0.4, -0.2) is 53.0 Å². The Labute approximate surface area is 228 Å². The largest absolute Gasteiger partial charge is 0.416 e. The molecule has 0 radical (unpaired) electrons. The standard InChI is InChI=1S/C30H36F3N3O3/c1-3-10-28(37)36(20-24-11-5-4-6-12-24)23-29(38)35(17-9-18-39-2)22-27-15-8-16-34(27)21-25-13-7-14-26(19-25)30(31,32)33/h4-8,11-16,19H,3,9-10,17-18,20-23H2,1-2H3. The van der Waals surface area contributed by atoms with Crippen LogP contribution in [0.3, 0.4) is 0 Å². The van der Waals surface area contributed by atoms with Crippen molar-refractivity contribution in [3.63, 3.8) is 0 Å². The third-order valence-electron chi connectivity index (χ3n) is 6.37. The second-order valence-corrected chi connectivity index (χ2v) is 9.47. The molecule has 0 aliphatic heterocycles. The van der Waals surface area contributed by atoms with Gasteiger partial charge in [-0.15, -0.1) is 0 Å². The molecule has 0 spiro atoms. The van der Waals surface area contributed by atoms with Gasteiger partial charge in [-0.05, 0) is 48.2 Å². The van der Waals surface area contributed by atoms with Crippen molar-refractivity contribution >= 4 is 11.8 Å². The molecule has 0 saturated heterocycles. The SMILES string of the molecule is CCCC(=O)N(CC(=O)N(CCCOC)Cc1cccn1Cc1cccc(C(F)(F)F)c1)Cc1ccccc1. The molecular formula is C30H36F3N3O3. The molecule has 6 nitrogen and oxygen atoms in total. The van der Waals surface area contributed by atoms with E-state index >= 15 is 0 Å². The van der Waals surface area contributed by atoms with E-state index in [4.69, 9.17) is 4.74 Å². The first-order chi connectivity index (χ1) is 18.7. The van der Waals surface area contributed by atoms with Crippen molar-refractivity contribution in [1.29, 1.82) is 0 Å². The Morgan fingerprint density at radius 2 is 1.64 bits per heavy atom. The van der Waals surface area contributed by atoms with Gasteiger partial charge in [0.2, 0.25) is 11.8 Å². The van der Waals surface area contributed by atoms with E-state index in [-0.39, 0.29) is 31.4 Å². The highest BCUT2D eigenvalue weighted by molar-refractivity contribution is 5.84. The van der Waals surface area contributed by atoms with Crippen LogP contribution in [0.4, 0.5) is 13.2 Å². The van der Waals surface area contributed by atoms with E-state index in [1.165, 1.54) is 6.07 Å². The Hall–Kier alpha value is -3.59. The molecule has 3 aromatic rings. The Balaban J connectivity index is 1.78. The lowest BCUT2D eigenvalue weighted by Gasteiger charge is -2.28. The molecule has 1 heterocycles. The fourth-order valence-electron chi connectivity index (χ4n) is 4.35. The number of carbonyl (C=O) groups excluding carboxylic acids is 2. The predicted molar refractivity (Wildman–Crippen MR) is 144 cm³/mol. The van der Waals surface area contributed by atoms with Gasteiger partial charge in [-0.2, -0.15) is 13.2 Å². The highest BCUT2D eigenvalue weighted by Gasteiger charge is 2.30. The van der Waals surface area contributed by atoms with Crippen LogP contribution in [0.1, 0.15) is 48.6 Å². The topological polar surface area (TPSA) is 54.8 Å². The maximum Gasteiger partial charge on any atom is 0.416 e. The number of methoxy groups -OCH3 is 1. The Morgan fingerprint density at radius 3 is 2.33 bits per heavy atom. The zero-order valence-electron chi connectivity index (χ0n) is 22.5. The molecule has 0 atom stereocenters. The average molecular weight is 544 g/mol. The third-order valence-corrected chi connectivity index (χ3v) is 6.37. The molecule has 2 amide bonds. The zero-order valence-corrected chi connectivity index (χ0v) is 22.5. The second kappa shape index (κ2) is 14.5. The fraction of sp³-hybridized carbons (Fsp3) is 0.400. The van der Waals surface area contributed by atoms with E-state index in [0.29, 0.717) is 44.5 Å². The molecule has 0 N–H and O–H groups in total. The minimum Gasteiger partial charge on any atom is -0.385 e. The predicted octanol–water partition coefficient (Wildman–Crippen LogP) is 5.75. The van der Waals surface area contributed by atoms with E-state index in [9.17, 15) is 22.8 Å². The summed E-state index contributed by atoms with van der Waals surface area (Å²) in [5.74, 6) is -0.280. The molecular weight excluding hydrogens is 507 g/mol. The Bertz CT molecular complexity index is 1190. The number of benzene rings is 2. The third kappa shape index (κ3) is 9.28. The first-order valence-electron chi connectivity index (χ1n) is 13.1. The van der Waals surface area contributed by atoms with Crippen molar-refractivity contribution in [3.8, 4) is 0 Å². The fourth-order valence-corrected chi connectivity index (χ4v) is 4.35. The molecule has 1 aromatic heterocycles. The van der Waals surface area contributed by atoms with E-state index < -0.39 is 11.7 Å². The van der Waals surface area contributed by atoms with Gasteiger partial charge in [0.15, 0.2) is 0 Å². The molecule has 0 unspecified atom stereocenters. The zero-order chi connectivity index (χ0) is 28.3. The maximum absolute atomic E-state index is 13.6. The highest BCUT2D eigenvalue weighted by Crippen LogP contribution is 2.29. The van der Waals surface area contributed by atoms with Crippen LogP contribution in [0.5, 0.6) is 0 Å². The summed E-state index contributed by atoms with van der Waals surface area (Å²) in [4.78, 5) is 29.7. The lowest BCUT2D eigenvalue weighted by molar-refractivity contribution is -0.141. The van der Waals surface area contributed by atoms with Crippen LogP contribution >= 0.6 is 0 Å². The normalized spacial score (nSPS) is 11.4. The van der Waals surface area contributed by atoms with Crippen molar-refractivity contribution in [3.05, 3.63) is 95.3 Å². The average Bonchev–Trinajstić information content (AvgIpc) is 3.34. The van der Waals surface area contributed by atoms with Crippen LogP contribution in [0.15, 0.2) is 72.9 Å². The van der Waals surface area contributed by atoms with Gasteiger partial charge in [0.25, 0.3) is 0 Å². The molecule has 39 heavy (non-hydrogen) atoms. The Kier molecular flexibility index (Phi) is 11.2. The summed E-state index contributed by atoms with van der Waals surface area (Å²) in [7, 11) is 1.59. The van der Waals surface area contributed by atoms with Gasteiger partial charge in [-0.1, -0.05) is 49.4 Å². The molecule has 0 aliphatic rings. The lowest BCUT2D eigenvalue weighted by atomic mass is 10.1. The lowest BCUT2D eigenvalue weighted by Crippen LogP contribution is -2.43. The summed E-state index contributed by atoms with van der Waals surface area (Å²) in [5, 5.41) is 0. The van der Waals surface area contributed by atoms with Crippen molar-refractivity contribution in [1.82, 2.24) is 14.4 Å². The number of carbonyl (C=O) groups is 2. The summed E-state index contributed by atoms with van der Waals surface area (Å²) in [5.41, 5.74) is 1.54. The number of hydrogen-bond donors (Lipinski definition) is 0. The number of aromatic nitrogens is 1. The number of ether oxygens (including phenoxy) is 1. The molecule has 0 saturated carbocycles.